The Morgan fingerprint density at radius 1 is 1.09 bits per heavy atom. The summed E-state index contributed by atoms with van der Waals surface area (Å²) in [5.74, 6) is 0.0976. The minimum Gasteiger partial charge on any atom is -0.368 e. The largest absolute Gasteiger partial charge is 0.368 e. The Labute approximate surface area is 197 Å². The Morgan fingerprint density at radius 2 is 1.88 bits per heavy atom. The molecule has 1 N–H and O–H groups in total. The van der Waals surface area contributed by atoms with Crippen molar-refractivity contribution in [3.63, 3.8) is 0 Å². The first-order valence-electron chi connectivity index (χ1n) is 10.4. The van der Waals surface area contributed by atoms with Gasteiger partial charge in [0.15, 0.2) is 9.84 Å². The Morgan fingerprint density at radius 3 is 2.62 bits per heavy atom. The van der Waals surface area contributed by atoms with Gasteiger partial charge in [0.1, 0.15) is 0 Å². The lowest BCUT2D eigenvalue weighted by Gasteiger charge is -2.36. The van der Waals surface area contributed by atoms with E-state index in [-0.39, 0.29) is 28.9 Å². The molecule has 2 aromatic rings. The summed E-state index contributed by atoms with van der Waals surface area (Å²) in [7, 11) is -3.65. The highest BCUT2D eigenvalue weighted by molar-refractivity contribution is 7.99. The zero-order valence-corrected chi connectivity index (χ0v) is 19.8. The zero-order chi connectivity index (χ0) is 22.7. The third kappa shape index (κ3) is 5.39. The Balaban J connectivity index is 1.34. The first-order chi connectivity index (χ1) is 15.3. The number of hydrogen-bond donors (Lipinski definition) is 1. The van der Waals surface area contributed by atoms with E-state index in [1.165, 1.54) is 17.8 Å². The predicted molar refractivity (Wildman–Crippen MR) is 127 cm³/mol. The lowest BCUT2D eigenvalue weighted by Crippen LogP contribution is -2.49. The van der Waals surface area contributed by atoms with E-state index in [4.69, 9.17) is 11.6 Å². The number of sulfone groups is 1. The fraction of sp³-hybridized carbons (Fsp3) is 0.364. The molecule has 0 aliphatic carbocycles. The standard InChI is InChI=1S/C22H24ClN3O4S2/c23-16-2-1-3-17(14-16)25-8-10-26(11-9-25)22(28)7-13-32(29,30)18-4-5-20-19(15-18)24-21(27)6-12-31-20/h1-5,14-15H,6-13H2,(H,24,27). The van der Waals surface area contributed by atoms with Gasteiger partial charge < -0.3 is 15.1 Å². The van der Waals surface area contributed by atoms with Crippen molar-refractivity contribution < 1.29 is 18.0 Å². The van der Waals surface area contributed by atoms with Crippen LogP contribution in [0.5, 0.6) is 0 Å². The molecule has 2 aliphatic rings. The second-order valence-electron chi connectivity index (χ2n) is 7.72. The lowest BCUT2D eigenvalue weighted by molar-refractivity contribution is -0.131. The normalized spacial score (nSPS) is 16.8. The van der Waals surface area contributed by atoms with Crippen molar-refractivity contribution in [2.75, 3.05) is 47.9 Å². The van der Waals surface area contributed by atoms with Gasteiger partial charge in [-0.2, -0.15) is 0 Å². The quantitative estimate of drug-likeness (QED) is 0.687. The minimum absolute atomic E-state index is 0.0717. The topological polar surface area (TPSA) is 86.8 Å². The number of carbonyl (C=O) groups is 2. The molecule has 0 unspecified atom stereocenters. The molecule has 1 saturated heterocycles. The van der Waals surface area contributed by atoms with Crippen LogP contribution in [0.1, 0.15) is 12.8 Å². The maximum Gasteiger partial charge on any atom is 0.225 e. The van der Waals surface area contributed by atoms with Crippen molar-refractivity contribution in [2.24, 2.45) is 0 Å². The fourth-order valence-corrected chi connectivity index (χ4v) is 6.15. The molecular formula is C22H24ClN3O4S2. The average molecular weight is 494 g/mol. The van der Waals surface area contributed by atoms with Crippen LogP contribution < -0.4 is 10.2 Å². The van der Waals surface area contributed by atoms with Gasteiger partial charge in [0.05, 0.1) is 16.3 Å². The van der Waals surface area contributed by atoms with E-state index in [0.29, 0.717) is 49.1 Å². The summed E-state index contributed by atoms with van der Waals surface area (Å²) >= 11 is 7.58. The number of nitrogens with one attached hydrogen (secondary N) is 1. The van der Waals surface area contributed by atoms with E-state index >= 15 is 0 Å². The molecule has 0 aromatic heterocycles. The van der Waals surface area contributed by atoms with Gasteiger partial charge in [-0.05, 0) is 36.4 Å². The van der Waals surface area contributed by atoms with Crippen LogP contribution in [0, 0.1) is 0 Å². The van der Waals surface area contributed by atoms with Gasteiger partial charge in [-0.1, -0.05) is 17.7 Å². The molecule has 170 valence electrons. The molecule has 10 heteroatoms. The third-order valence-electron chi connectivity index (χ3n) is 5.56. The maximum atomic E-state index is 12.8. The molecule has 1 fully saturated rings. The van der Waals surface area contributed by atoms with Crippen molar-refractivity contribution in [1.82, 2.24) is 4.90 Å². The smallest absolute Gasteiger partial charge is 0.225 e. The maximum absolute atomic E-state index is 12.8. The molecule has 0 saturated carbocycles. The average Bonchev–Trinajstić information content (AvgIpc) is 2.97. The summed E-state index contributed by atoms with van der Waals surface area (Å²) in [6.07, 6.45) is 0.318. The van der Waals surface area contributed by atoms with E-state index < -0.39 is 9.84 Å². The number of piperazine rings is 1. The highest BCUT2D eigenvalue weighted by Gasteiger charge is 2.25. The van der Waals surface area contributed by atoms with Gasteiger partial charge in [0, 0.05) is 60.4 Å². The number of amides is 2. The molecule has 2 aliphatic heterocycles. The molecule has 4 rings (SSSR count). The van der Waals surface area contributed by atoms with E-state index in [2.05, 4.69) is 10.2 Å². The van der Waals surface area contributed by atoms with E-state index in [9.17, 15) is 18.0 Å². The predicted octanol–water partition coefficient (Wildman–Crippen LogP) is 3.29. The summed E-state index contributed by atoms with van der Waals surface area (Å²) in [5.41, 5.74) is 1.53. The van der Waals surface area contributed by atoms with Crippen LogP contribution in [0.2, 0.25) is 5.02 Å². The monoisotopic (exact) mass is 493 g/mol. The molecule has 32 heavy (non-hydrogen) atoms. The van der Waals surface area contributed by atoms with Crippen LogP contribution in [0.15, 0.2) is 52.3 Å². The lowest BCUT2D eigenvalue weighted by atomic mass is 10.2. The number of benzene rings is 2. The van der Waals surface area contributed by atoms with E-state index in [0.717, 1.165) is 10.6 Å². The summed E-state index contributed by atoms with van der Waals surface area (Å²) in [6.45, 7) is 2.41. The summed E-state index contributed by atoms with van der Waals surface area (Å²) < 4.78 is 25.7. The Hall–Kier alpha value is -2.23. The first-order valence-corrected chi connectivity index (χ1v) is 13.4. The van der Waals surface area contributed by atoms with Crippen LogP contribution in [0.3, 0.4) is 0 Å². The van der Waals surface area contributed by atoms with Crippen molar-refractivity contribution in [1.29, 1.82) is 0 Å². The van der Waals surface area contributed by atoms with Crippen LogP contribution in [0.4, 0.5) is 11.4 Å². The van der Waals surface area contributed by atoms with Gasteiger partial charge in [-0.25, -0.2) is 8.42 Å². The molecular weight excluding hydrogens is 470 g/mol. The molecule has 0 bridgehead atoms. The summed E-state index contributed by atoms with van der Waals surface area (Å²) in [5, 5.41) is 3.43. The Kier molecular flexibility index (Phi) is 6.97. The van der Waals surface area contributed by atoms with Crippen LogP contribution in [0.25, 0.3) is 0 Å². The number of carbonyl (C=O) groups excluding carboxylic acids is 2. The van der Waals surface area contributed by atoms with Crippen LogP contribution in [-0.2, 0) is 19.4 Å². The molecule has 2 aromatic carbocycles. The molecule has 0 radical (unpaired) electrons. The highest BCUT2D eigenvalue weighted by Crippen LogP contribution is 2.33. The number of thioether (sulfide) groups is 1. The molecule has 0 atom stereocenters. The molecule has 7 nitrogen and oxygen atoms in total. The summed E-state index contributed by atoms with van der Waals surface area (Å²) in [4.78, 5) is 29.3. The fourth-order valence-electron chi connectivity index (χ4n) is 3.78. The number of halogens is 1. The van der Waals surface area contributed by atoms with Crippen molar-refractivity contribution in [2.45, 2.75) is 22.6 Å². The van der Waals surface area contributed by atoms with Crippen molar-refractivity contribution in [3.05, 3.63) is 47.5 Å². The van der Waals surface area contributed by atoms with Gasteiger partial charge in [0.2, 0.25) is 11.8 Å². The Bertz CT molecular complexity index is 1130. The second kappa shape index (κ2) is 9.72. The van der Waals surface area contributed by atoms with E-state index in [1.54, 1.807) is 17.0 Å². The van der Waals surface area contributed by atoms with E-state index in [1.807, 2.05) is 24.3 Å². The first kappa shape index (κ1) is 22.9. The number of rotatable bonds is 5. The molecule has 2 heterocycles. The van der Waals surface area contributed by atoms with Crippen LogP contribution >= 0.6 is 23.4 Å². The molecule has 2 amide bonds. The zero-order valence-electron chi connectivity index (χ0n) is 17.4. The van der Waals surface area contributed by atoms with Gasteiger partial charge >= 0.3 is 0 Å². The summed E-state index contributed by atoms with van der Waals surface area (Å²) in [6, 6.07) is 12.4. The van der Waals surface area contributed by atoms with Crippen LogP contribution in [-0.4, -0.2) is 62.8 Å². The van der Waals surface area contributed by atoms with Gasteiger partial charge in [-0.15, -0.1) is 11.8 Å². The molecule has 0 spiro atoms. The number of hydrogen-bond acceptors (Lipinski definition) is 6. The highest BCUT2D eigenvalue weighted by atomic mass is 35.5. The van der Waals surface area contributed by atoms with Gasteiger partial charge in [-0.3, -0.25) is 9.59 Å². The number of anilines is 2. The van der Waals surface area contributed by atoms with Crippen molar-refractivity contribution >= 4 is 56.4 Å². The SMILES string of the molecule is O=C1CCSc2ccc(S(=O)(=O)CCC(=O)N3CCN(c4cccc(Cl)c4)CC3)cc2N1. The number of fused-ring (bicyclic) bond motifs is 1. The third-order valence-corrected chi connectivity index (χ3v) is 8.59. The minimum atomic E-state index is -3.65. The van der Waals surface area contributed by atoms with Gasteiger partial charge in [0.25, 0.3) is 0 Å². The second-order valence-corrected chi connectivity index (χ2v) is 11.4. The number of nitrogens with zero attached hydrogens (tertiary/aromatic N) is 2. The van der Waals surface area contributed by atoms with Crippen molar-refractivity contribution in [3.8, 4) is 0 Å².